The lowest BCUT2D eigenvalue weighted by atomic mass is 10.1. The molecule has 3 N–H and O–H groups in total. The average Bonchev–Trinajstić information content (AvgIpc) is 2.38. The Morgan fingerprint density at radius 2 is 2.32 bits per heavy atom. The van der Waals surface area contributed by atoms with Crippen molar-refractivity contribution in [1.29, 1.82) is 5.26 Å². The smallest absolute Gasteiger partial charge is 0.249 e. The van der Waals surface area contributed by atoms with Gasteiger partial charge in [0.15, 0.2) is 5.69 Å². The van der Waals surface area contributed by atoms with Crippen LogP contribution in [-0.2, 0) is 9.59 Å². The Balaban J connectivity index is 2.41. The van der Waals surface area contributed by atoms with Crippen LogP contribution in [0, 0.1) is 11.3 Å². The lowest BCUT2D eigenvalue weighted by molar-refractivity contribution is -0.132. The summed E-state index contributed by atoms with van der Waals surface area (Å²) in [5.41, 5.74) is 5.96. The number of nitriles is 1. The van der Waals surface area contributed by atoms with Gasteiger partial charge >= 0.3 is 0 Å². The third kappa shape index (κ3) is 2.33. The van der Waals surface area contributed by atoms with Crippen LogP contribution in [0.2, 0.25) is 0 Å². The normalized spacial score (nSPS) is 18.9. The molecular weight excluding hydrogens is 246 g/mol. The highest BCUT2D eigenvalue weighted by Gasteiger charge is 2.33. The molecular formula is C12H13N5O2. The molecule has 2 rings (SSSR count). The van der Waals surface area contributed by atoms with E-state index in [0.29, 0.717) is 12.2 Å². The van der Waals surface area contributed by atoms with Crippen molar-refractivity contribution in [3.8, 4) is 6.07 Å². The second-order valence-electron chi connectivity index (χ2n) is 4.18. The van der Waals surface area contributed by atoms with Crippen LogP contribution in [0.15, 0.2) is 12.1 Å². The monoisotopic (exact) mass is 259 g/mol. The zero-order valence-corrected chi connectivity index (χ0v) is 10.4. The molecule has 2 heterocycles. The first-order valence-electron chi connectivity index (χ1n) is 5.83. The number of hydrogen-bond acceptors (Lipinski definition) is 6. The molecule has 1 saturated heterocycles. The molecule has 1 aromatic rings. The van der Waals surface area contributed by atoms with Gasteiger partial charge < -0.3 is 10.6 Å². The second kappa shape index (κ2) is 4.94. The van der Waals surface area contributed by atoms with E-state index in [4.69, 9.17) is 11.0 Å². The van der Waals surface area contributed by atoms with Crippen molar-refractivity contribution < 1.29 is 9.59 Å². The molecule has 7 heteroatoms. The molecule has 0 aliphatic carbocycles. The number of nitrogens with zero attached hydrogens (tertiary/aromatic N) is 3. The molecule has 0 bridgehead atoms. The van der Waals surface area contributed by atoms with E-state index in [-0.39, 0.29) is 29.7 Å². The van der Waals surface area contributed by atoms with Gasteiger partial charge in [0.05, 0.1) is 12.2 Å². The van der Waals surface area contributed by atoms with E-state index in [2.05, 4.69) is 10.3 Å². The number of carbonyl (C=O) groups excluding carboxylic acids is 2. The Labute approximate surface area is 110 Å². The number of aromatic nitrogens is 1. The summed E-state index contributed by atoms with van der Waals surface area (Å²) < 4.78 is 0. The van der Waals surface area contributed by atoms with Gasteiger partial charge in [0, 0.05) is 0 Å². The summed E-state index contributed by atoms with van der Waals surface area (Å²) in [7, 11) is 0. The Bertz CT molecular complexity index is 578. The predicted molar refractivity (Wildman–Crippen MR) is 67.9 cm³/mol. The van der Waals surface area contributed by atoms with E-state index in [1.54, 1.807) is 17.0 Å². The maximum Gasteiger partial charge on any atom is 0.249 e. The van der Waals surface area contributed by atoms with E-state index >= 15 is 0 Å². The number of carbonyl (C=O) groups is 2. The van der Waals surface area contributed by atoms with Crippen molar-refractivity contribution in [3.63, 3.8) is 0 Å². The quantitative estimate of drug-likeness (QED) is 0.710. The summed E-state index contributed by atoms with van der Waals surface area (Å²) in [6.07, 6.45) is 0.535. The summed E-state index contributed by atoms with van der Waals surface area (Å²) in [5, 5.41) is 11.2. The predicted octanol–water partition coefficient (Wildman–Crippen LogP) is -0.223. The van der Waals surface area contributed by atoms with Crippen molar-refractivity contribution in [2.24, 2.45) is 0 Å². The first-order chi connectivity index (χ1) is 9.06. The fraction of sp³-hybridized carbons (Fsp3) is 0.333. The molecule has 0 aromatic carbocycles. The van der Waals surface area contributed by atoms with Gasteiger partial charge in [-0.3, -0.25) is 14.9 Å². The molecule has 1 aliphatic heterocycles. The zero-order chi connectivity index (χ0) is 14.0. The molecule has 1 aliphatic rings. The lowest BCUT2D eigenvalue weighted by Gasteiger charge is -2.34. The number of nitrogens with two attached hydrogens (primary N) is 1. The molecule has 0 saturated carbocycles. The summed E-state index contributed by atoms with van der Waals surface area (Å²) in [5.74, 6) is -0.330. The van der Waals surface area contributed by atoms with E-state index in [1.807, 2.05) is 13.0 Å². The van der Waals surface area contributed by atoms with Crippen LogP contribution in [0.4, 0.5) is 11.5 Å². The molecule has 1 aromatic heterocycles. The van der Waals surface area contributed by atoms with Crippen molar-refractivity contribution in [2.45, 2.75) is 19.4 Å². The lowest BCUT2D eigenvalue weighted by Crippen LogP contribution is -2.58. The topological polar surface area (TPSA) is 112 Å². The Hall–Kier alpha value is -2.62. The van der Waals surface area contributed by atoms with Crippen LogP contribution in [-0.4, -0.2) is 29.4 Å². The number of rotatable bonds is 2. The largest absolute Gasteiger partial charge is 0.396 e. The Kier molecular flexibility index (Phi) is 3.33. The molecule has 1 fully saturated rings. The fourth-order valence-electron chi connectivity index (χ4n) is 2.02. The number of nitrogens with one attached hydrogen (secondary N) is 1. The second-order valence-corrected chi connectivity index (χ2v) is 4.18. The fourth-order valence-corrected chi connectivity index (χ4v) is 2.02. The highest BCUT2D eigenvalue weighted by Crippen LogP contribution is 2.21. The number of nitrogen functional groups attached to an aromatic ring is 1. The van der Waals surface area contributed by atoms with Gasteiger partial charge in [0.25, 0.3) is 0 Å². The first kappa shape index (κ1) is 12.8. The summed E-state index contributed by atoms with van der Waals surface area (Å²) in [6, 6.07) is 4.56. The first-order valence-corrected chi connectivity index (χ1v) is 5.83. The van der Waals surface area contributed by atoms with Gasteiger partial charge in [0.1, 0.15) is 17.9 Å². The van der Waals surface area contributed by atoms with E-state index in [0.717, 1.165) is 0 Å². The minimum absolute atomic E-state index is 0.0338. The highest BCUT2D eigenvalue weighted by atomic mass is 16.2. The molecule has 2 amide bonds. The van der Waals surface area contributed by atoms with E-state index < -0.39 is 6.04 Å². The van der Waals surface area contributed by atoms with Gasteiger partial charge in [-0.05, 0) is 18.6 Å². The zero-order valence-electron chi connectivity index (χ0n) is 10.4. The van der Waals surface area contributed by atoms with Crippen LogP contribution < -0.4 is 16.0 Å². The third-order valence-corrected chi connectivity index (χ3v) is 2.95. The van der Waals surface area contributed by atoms with Crippen molar-refractivity contribution >= 4 is 23.3 Å². The molecule has 0 radical (unpaired) electrons. The van der Waals surface area contributed by atoms with Crippen LogP contribution >= 0.6 is 0 Å². The SMILES string of the molecule is CCC1C(=O)NC(=O)CN1c1ccc(N)c(C#N)n1. The minimum atomic E-state index is -0.472. The van der Waals surface area contributed by atoms with E-state index in [9.17, 15) is 9.59 Å². The van der Waals surface area contributed by atoms with Gasteiger partial charge in [-0.15, -0.1) is 0 Å². The number of amides is 2. The molecule has 1 atom stereocenters. The summed E-state index contributed by atoms with van der Waals surface area (Å²) >= 11 is 0. The molecule has 1 unspecified atom stereocenters. The number of hydrogen-bond donors (Lipinski definition) is 2. The highest BCUT2D eigenvalue weighted by molar-refractivity contribution is 6.04. The minimum Gasteiger partial charge on any atom is -0.396 e. The van der Waals surface area contributed by atoms with Crippen LogP contribution in [0.5, 0.6) is 0 Å². The molecule has 0 spiro atoms. The van der Waals surface area contributed by atoms with Crippen molar-refractivity contribution in [3.05, 3.63) is 17.8 Å². The Morgan fingerprint density at radius 3 is 2.95 bits per heavy atom. The van der Waals surface area contributed by atoms with Crippen molar-refractivity contribution in [2.75, 3.05) is 17.2 Å². The maximum atomic E-state index is 11.7. The third-order valence-electron chi connectivity index (χ3n) is 2.95. The average molecular weight is 259 g/mol. The van der Waals surface area contributed by atoms with Crippen molar-refractivity contribution in [1.82, 2.24) is 10.3 Å². The molecule has 7 nitrogen and oxygen atoms in total. The molecule has 19 heavy (non-hydrogen) atoms. The van der Waals surface area contributed by atoms with Crippen LogP contribution in [0.1, 0.15) is 19.0 Å². The van der Waals surface area contributed by atoms with Gasteiger partial charge in [-0.25, -0.2) is 4.98 Å². The summed E-state index contributed by atoms with van der Waals surface area (Å²) in [4.78, 5) is 28.9. The number of anilines is 2. The van der Waals surface area contributed by atoms with Gasteiger partial charge in [-0.1, -0.05) is 6.92 Å². The van der Waals surface area contributed by atoms with Gasteiger partial charge in [-0.2, -0.15) is 5.26 Å². The Morgan fingerprint density at radius 1 is 1.58 bits per heavy atom. The molecule has 98 valence electrons. The van der Waals surface area contributed by atoms with Crippen LogP contribution in [0.3, 0.4) is 0 Å². The number of imide groups is 1. The maximum absolute atomic E-state index is 11.7. The number of piperazine rings is 1. The van der Waals surface area contributed by atoms with Gasteiger partial charge in [0.2, 0.25) is 11.8 Å². The van der Waals surface area contributed by atoms with Crippen LogP contribution in [0.25, 0.3) is 0 Å². The number of pyridine rings is 1. The van der Waals surface area contributed by atoms with E-state index in [1.165, 1.54) is 0 Å². The summed E-state index contributed by atoms with van der Waals surface area (Å²) in [6.45, 7) is 1.88. The standard InChI is InChI=1S/C12H13N5O2/c1-2-9-12(19)16-11(18)6-17(9)10-4-3-7(14)8(5-13)15-10/h3-4,9H,2,6,14H2,1H3,(H,16,18,19).